The Kier molecular flexibility index (Phi) is 2.44. The third-order valence-electron chi connectivity index (χ3n) is 3.63. The monoisotopic (exact) mass is 283 g/mol. The Bertz CT molecular complexity index is 867. The molecule has 1 aliphatic rings. The Morgan fingerprint density at radius 2 is 2.00 bits per heavy atom. The summed E-state index contributed by atoms with van der Waals surface area (Å²) in [6.07, 6.45) is -0.270. The molecule has 0 fully saturated rings. The Morgan fingerprint density at radius 3 is 2.86 bits per heavy atom. The number of benzene rings is 2. The van der Waals surface area contributed by atoms with Gasteiger partial charge in [-0.25, -0.2) is 14.4 Å². The minimum absolute atomic E-state index is 0.270. The van der Waals surface area contributed by atoms with Crippen molar-refractivity contribution >= 4 is 22.9 Å². The zero-order valence-electron chi connectivity index (χ0n) is 11.1. The van der Waals surface area contributed by atoms with E-state index in [9.17, 15) is 4.39 Å². The number of aromatic nitrogens is 2. The van der Waals surface area contributed by atoms with Crippen LogP contribution in [0.1, 0.15) is 11.7 Å². The Balaban J connectivity index is 1.97. The van der Waals surface area contributed by atoms with Crippen LogP contribution in [0.3, 0.4) is 0 Å². The van der Waals surface area contributed by atoms with Crippen LogP contribution in [-0.4, -0.2) is 10.9 Å². The van der Waals surface area contributed by atoms with Gasteiger partial charge in [-0.05, 0) is 24.3 Å². The Morgan fingerprint density at radius 1 is 1.14 bits per heavy atom. The number of nitrogens with zero attached hydrogens (tertiary/aromatic N) is 1. The number of anilines is 1. The fraction of sp³-hybridized carbons (Fsp3) is 0.0667. The van der Waals surface area contributed by atoms with Crippen molar-refractivity contribution in [2.45, 2.75) is 6.17 Å². The van der Waals surface area contributed by atoms with Crippen LogP contribution >= 0.6 is 0 Å². The van der Waals surface area contributed by atoms with E-state index in [1.165, 1.54) is 12.1 Å². The summed E-state index contributed by atoms with van der Waals surface area (Å²) in [6.45, 7) is 0. The van der Waals surface area contributed by atoms with Gasteiger partial charge in [-0.2, -0.15) is 9.88 Å². The minimum Gasteiger partial charge on any atom is -0.290 e. The van der Waals surface area contributed by atoms with Gasteiger partial charge in [0.1, 0.15) is 16.9 Å². The first-order valence-electron chi connectivity index (χ1n) is 6.66. The van der Waals surface area contributed by atoms with Gasteiger partial charge >= 0.3 is 11.9 Å². The molecule has 0 radical (unpaired) electrons. The molecule has 1 aromatic heterocycles. The molecule has 0 amide bonds. The van der Waals surface area contributed by atoms with E-state index in [0.29, 0.717) is 5.96 Å². The number of guanidine groups is 1. The molecule has 5 N–H and O–H groups in total. The molecule has 3 aromatic rings. The number of imidazole rings is 1. The van der Waals surface area contributed by atoms with E-state index in [4.69, 9.17) is 5.73 Å². The maximum atomic E-state index is 13.5. The van der Waals surface area contributed by atoms with Crippen molar-refractivity contribution < 1.29 is 13.9 Å². The molecule has 0 spiro atoms. The highest BCUT2D eigenvalue weighted by Crippen LogP contribution is 2.18. The van der Waals surface area contributed by atoms with Gasteiger partial charge < -0.3 is 0 Å². The quantitative estimate of drug-likeness (QED) is 0.473. The largest absolute Gasteiger partial charge is 0.368 e. The molecule has 0 unspecified atom stereocenters. The van der Waals surface area contributed by atoms with Crippen LogP contribution in [0, 0.1) is 5.82 Å². The minimum atomic E-state index is -0.270. The van der Waals surface area contributed by atoms with E-state index < -0.39 is 0 Å². The van der Waals surface area contributed by atoms with Crippen molar-refractivity contribution in [3.63, 3.8) is 0 Å². The molecular formula is C15H14FN5+2. The van der Waals surface area contributed by atoms with Gasteiger partial charge in [-0.15, -0.1) is 0 Å². The zero-order chi connectivity index (χ0) is 14.4. The van der Waals surface area contributed by atoms with Gasteiger partial charge in [-0.1, -0.05) is 24.3 Å². The Labute approximate surface area is 119 Å². The van der Waals surface area contributed by atoms with Gasteiger partial charge in [0.15, 0.2) is 0 Å². The van der Waals surface area contributed by atoms with Crippen LogP contribution < -0.4 is 20.6 Å². The molecule has 1 atom stereocenters. The topological polar surface area (TPSA) is 71.7 Å². The molecule has 4 rings (SSSR count). The zero-order valence-corrected chi connectivity index (χ0v) is 11.1. The van der Waals surface area contributed by atoms with E-state index in [1.807, 2.05) is 34.9 Å². The number of halogens is 1. The second-order valence-electron chi connectivity index (χ2n) is 5.00. The molecular weight excluding hydrogens is 269 g/mol. The molecule has 5 nitrogen and oxygen atoms in total. The summed E-state index contributed by atoms with van der Waals surface area (Å²) in [7, 11) is 0. The standard InChI is InChI=1S/C15H12FN5/c16-10-5-3-4-9(8-10)13-19-14(17)20-15-18-11-6-1-2-7-12(11)21(13)15/h1-8,13H,(H3,17,18,19,20)/p+2/t13-/m1/s1. The number of hydrogen-bond donors (Lipinski definition) is 4. The lowest BCUT2D eigenvalue weighted by Crippen LogP contribution is -2.88. The average molecular weight is 283 g/mol. The molecule has 2 aromatic carbocycles. The second kappa shape index (κ2) is 4.31. The number of nitrogens with one attached hydrogen (secondary N) is 3. The van der Waals surface area contributed by atoms with Gasteiger partial charge in [0.2, 0.25) is 6.17 Å². The lowest BCUT2D eigenvalue weighted by atomic mass is 10.1. The third-order valence-corrected chi connectivity index (χ3v) is 3.63. The molecule has 0 bridgehead atoms. The maximum absolute atomic E-state index is 13.5. The van der Waals surface area contributed by atoms with Gasteiger partial charge in [0, 0.05) is 5.56 Å². The van der Waals surface area contributed by atoms with Crippen LogP contribution in [0.15, 0.2) is 48.5 Å². The molecule has 21 heavy (non-hydrogen) atoms. The van der Waals surface area contributed by atoms with Gasteiger partial charge in [0.25, 0.3) is 0 Å². The normalized spacial score (nSPS) is 17.2. The summed E-state index contributed by atoms with van der Waals surface area (Å²) >= 11 is 0. The highest BCUT2D eigenvalue weighted by Gasteiger charge is 2.32. The van der Waals surface area contributed by atoms with Crippen LogP contribution in [0.2, 0.25) is 0 Å². The highest BCUT2D eigenvalue weighted by molar-refractivity contribution is 5.87. The van der Waals surface area contributed by atoms with Crippen LogP contribution in [0.25, 0.3) is 11.0 Å². The maximum Gasteiger partial charge on any atom is 0.368 e. The van der Waals surface area contributed by atoms with E-state index in [1.54, 1.807) is 6.07 Å². The number of nitrogens with two attached hydrogens (primary N) is 1. The molecule has 0 saturated heterocycles. The predicted octanol–water partition coefficient (Wildman–Crippen LogP) is -0.0378. The number of aromatic amines is 1. The molecule has 2 heterocycles. The van der Waals surface area contributed by atoms with Crippen molar-refractivity contribution in [1.29, 1.82) is 0 Å². The van der Waals surface area contributed by atoms with E-state index in [0.717, 1.165) is 22.5 Å². The number of rotatable bonds is 1. The SMILES string of the molecule is NC1=[NH+][C@@H](c2cccc(F)c2)[n+]2c([nH]c3ccccc32)N1. The summed E-state index contributed by atoms with van der Waals surface area (Å²) in [5, 5.41) is 3.06. The molecule has 104 valence electrons. The van der Waals surface area contributed by atoms with Crippen molar-refractivity contribution in [1.82, 2.24) is 4.98 Å². The first kappa shape index (κ1) is 11.9. The molecule has 0 saturated carbocycles. The van der Waals surface area contributed by atoms with Crippen molar-refractivity contribution in [3.05, 3.63) is 59.9 Å². The first-order chi connectivity index (χ1) is 10.2. The molecule has 6 heteroatoms. The van der Waals surface area contributed by atoms with Gasteiger partial charge in [-0.3, -0.25) is 5.73 Å². The number of H-pyrrole nitrogens is 1. The summed E-state index contributed by atoms with van der Waals surface area (Å²) in [5.74, 6) is 0.922. The summed E-state index contributed by atoms with van der Waals surface area (Å²) in [4.78, 5) is 6.43. The summed E-state index contributed by atoms with van der Waals surface area (Å²) < 4.78 is 15.6. The number of hydrogen-bond acceptors (Lipinski definition) is 2. The lowest BCUT2D eigenvalue weighted by Gasteiger charge is -2.16. The predicted molar refractivity (Wildman–Crippen MR) is 76.8 cm³/mol. The highest BCUT2D eigenvalue weighted by atomic mass is 19.1. The average Bonchev–Trinajstić information content (AvgIpc) is 2.84. The smallest absolute Gasteiger partial charge is 0.290 e. The lowest BCUT2D eigenvalue weighted by molar-refractivity contribution is -0.840. The van der Waals surface area contributed by atoms with Crippen molar-refractivity contribution in [2.24, 2.45) is 5.73 Å². The van der Waals surface area contributed by atoms with E-state index in [2.05, 4.69) is 15.3 Å². The summed E-state index contributed by atoms with van der Waals surface area (Å²) in [5.41, 5.74) is 8.70. The first-order valence-corrected chi connectivity index (χ1v) is 6.66. The molecule has 0 aliphatic carbocycles. The third kappa shape index (κ3) is 1.84. The summed E-state index contributed by atoms with van der Waals surface area (Å²) in [6, 6.07) is 14.4. The van der Waals surface area contributed by atoms with E-state index >= 15 is 0 Å². The Hall–Kier alpha value is -2.89. The van der Waals surface area contributed by atoms with Crippen molar-refractivity contribution in [3.8, 4) is 0 Å². The fourth-order valence-corrected chi connectivity index (χ4v) is 2.74. The van der Waals surface area contributed by atoms with E-state index in [-0.39, 0.29) is 12.0 Å². The van der Waals surface area contributed by atoms with Crippen molar-refractivity contribution in [2.75, 3.05) is 5.32 Å². The molecule has 1 aliphatic heterocycles. The van der Waals surface area contributed by atoms with Gasteiger partial charge in [0.05, 0.1) is 0 Å². The number of para-hydroxylation sites is 2. The van der Waals surface area contributed by atoms with Crippen LogP contribution in [0.4, 0.5) is 10.3 Å². The van der Waals surface area contributed by atoms with Crippen LogP contribution in [0.5, 0.6) is 0 Å². The van der Waals surface area contributed by atoms with Crippen LogP contribution in [-0.2, 0) is 0 Å². The number of fused-ring (bicyclic) bond motifs is 3. The fourth-order valence-electron chi connectivity index (χ4n) is 2.74. The second-order valence-corrected chi connectivity index (χ2v) is 5.00.